The summed E-state index contributed by atoms with van der Waals surface area (Å²) in [6, 6.07) is 0. The molecule has 0 aromatic heterocycles. The summed E-state index contributed by atoms with van der Waals surface area (Å²) < 4.78 is -0.0883. The molecular formula is C9H21N2O5+. The minimum absolute atomic E-state index is 0.0883. The Morgan fingerprint density at radius 2 is 1.81 bits per heavy atom. The molecule has 96 valence electrons. The second-order valence-corrected chi connectivity index (χ2v) is 3.95. The van der Waals surface area contributed by atoms with E-state index in [0.29, 0.717) is 6.42 Å². The molecule has 0 bridgehead atoms. The van der Waals surface area contributed by atoms with E-state index in [9.17, 15) is 15.2 Å². The highest BCUT2D eigenvalue weighted by Gasteiger charge is 2.33. The average molecular weight is 237 g/mol. The number of hydrogen-bond acceptors (Lipinski definition) is 5. The molecule has 0 radical (unpaired) electrons. The van der Waals surface area contributed by atoms with Gasteiger partial charge in [-0.1, -0.05) is 6.92 Å². The Balaban J connectivity index is 4.68. The van der Waals surface area contributed by atoms with Crippen molar-refractivity contribution in [2.45, 2.75) is 19.4 Å². The minimum atomic E-state index is -0.655. The van der Waals surface area contributed by atoms with Gasteiger partial charge < -0.3 is 15.3 Å². The Hall–Kier alpha value is -0.760. The number of hydrogen-bond donors (Lipinski definition) is 3. The normalized spacial score (nSPS) is 13.8. The van der Waals surface area contributed by atoms with Gasteiger partial charge in [0.25, 0.3) is 0 Å². The zero-order valence-electron chi connectivity index (χ0n) is 9.58. The van der Waals surface area contributed by atoms with Crippen molar-refractivity contribution in [1.82, 2.24) is 0 Å². The van der Waals surface area contributed by atoms with E-state index in [4.69, 9.17) is 10.2 Å². The van der Waals surface area contributed by atoms with Crippen LogP contribution in [0.15, 0.2) is 0 Å². The lowest BCUT2D eigenvalue weighted by Crippen LogP contribution is -2.57. The van der Waals surface area contributed by atoms with Crippen LogP contribution in [0.2, 0.25) is 0 Å². The van der Waals surface area contributed by atoms with E-state index in [1.807, 2.05) is 0 Å². The summed E-state index contributed by atoms with van der Waals surface area (Å²) in [7, 11) is 0. The smallest absolute Gasteiger partial charge is 0.328 e. The van der Waals surface area contributed by atoms with Crippen LogP contribution in [-0.4, -0.2) is 70.3 Å². The Labute approximate surface area is 94.7 Å². The van der Waals surface area contributed by atoms with E-state index < -0.39 is 17.7 Å². The largest absolute Gasteiger partial charge is 0.391 e. The molecule has 0 aliphatic carbocycles. The Kier molecular flexibility index (Phi) is 7.15. The van der Waals surface area contributed by atoms with Crippen molar-refractivity contribution in [3.63, 3.8) is 0 Å². The summed E-state index contributed by atoms with van der Waals surface area (Å²) in [5.74, 6) is 0. The van der Waals surface area contributed by atoms with Gasteiger partial charge in [-0.2, -0.15) is 0 Å². The van der Waals surface area contributed by atoms with Crippen LogP contribution in [0.3, 0.4) is 0 Å². The van der Waals surface area contributed by atoms with Crippen molar-refractivity contribution in [2.75, 3.05) is 39.5 Å². The topological polar surface area (TPSA) is 104 Å². The Morgan fingerprint density at radius 3 is 2.12 bits per heavy atom. The Morgan fingerprint density at radius 1 is 1.31 bits per heavy atom. The fraction of sp³-hybridized carbons (Fsp3) is 1.00. The number of quaternary nitrogens is 1. The van der Waals surface area contributed by atoms with Crippen LogP contribution in [-0.2, 0) is 0 Å². The standard InChI is InChI=1S/C9H21N2O5/c1-2-9(14)7-11(3-5-12,4-6-13)8-10(15)16/h9,12-14H,2-8H2,1H3/q+1. The maximum absolute atomic E-state index is 10.6. The van der Waals surface area contributed by atoms with Crippen molar-refractivity contribution in [3.05, 3.63) is 10.1 Å². The van der Waals surface area contributed by atoms with E-state index >= 15 is 0 Å². The van der Waals surface area contributed by atoms with Crippen LogP contribution in [0, 0.1) is 10.1 Å². The lowest BCUT2D eigenvalue weighted by molar-refractivity contribution is -0.993. The van der Waals surface area contributed by atoms with Gasteiger partial charge in [0.15, 0.2) is 0 Å². The first-order valence-electron chi connectivity index (χ1n) is 5.36. The molecule has 1 atom stereocenters. The second-order valence-electron chi connectivity index (χ2n) is 3.95. The number of nitro groups is 1. The number of rotatable bonds is 9. The number of nitrogens with zero attached hydrogens (tertiary/aromatic N) is 2. The highest BCUT2D eigenvalue weighted by molar-refractivity contribution is 4.52. The third-order valence-electron chi connectivity index (χ3n) is 2.63. The fourth-order valence-corrected chi connectivity index (χ4v) is 1.74. The molecule has 0 amide bonds. The van der Waals surface area contributed by atoms with E-state index in [2.05, 4.69) is 0 Å². The summed E-state index contributed by atoms with van der Waals surface area (Å²) in [4.78, 5) is 10.1. The molecule has 16 heavy (non-hydrogen) atoms. The van der Waals surface area contributed by atoms with Gasteiger partial charge in [-0.05, 0) is 6.42 Å². The van der Waals surface area contributed by atoms with Gasteiger partial charge in [0.2, 0.25) is 0 Å². The van der Waals surface area contributed by atoms with E-state index in [1.165, 1.54) is 0 Å². The van der Waals surface area contributed by atoms with Crippen LogP contribution in [0.25, 0.3) is 0 Å². The molecule has 7 heteroatoms. The molecule has 0 spiro atoms. The lowest BCUT2D eigenvalue weighted by atomic mass is 10.2. The zero-order valence-corrected chi connectivity index (χ0v) is 9.58. The second kappa shape index (κ2) is 7.50. The van der Waals surface area contributed by atoms with Gasteiger partial charge in [0, 0.05) is 0 Å². The molecule has 0 aliphatic rings. The van der Waals surface area contributed by atoms with Crippen molar-refractivity contribution >= 4 is 0 Å². The van der Waals surface area contributed by atoms with E-state index in [0.717, 1.165) is 0 Å². The highest BCUT2D eigenvalue weighted by Crippen LogP contribution is 2.09. The molecule has 0 heterocycles. The number of aliphatic hydroxyl groups excluding tert-OH is 3. The van der Waals surface area contributed by atoms with Crippen LogP contribution in [0.1, 0.15) is 13.3 Å². The first kappa shape index (κ1) is 15.2. The summed E-state index contributed by atoms with van der Waals surface area (Å²) in [6.07, 6.45) is -0.160. The highest BCUT2D eigenvalue weighted by atomic mass is 16.6. The predicted molar refractivity (Wildman–Crippen MR) is 57.2 cm³/mol. The third kappa shape index (κ3) is 5.36. The molecular weight excluding hydrogens is 216 g/mol. The van der Waals surface area contributed by atoms with Crippen LogP contribution < -0.4 is 0 Å². The summed E-state index contributed by atoms with van der Waals surface area (Å²) in [5.41, 5.74) is 0. The molecule has 0 aromatic carbocycles. The van der Waals surface area contributed by atoms with Gasteiger partial charge in [0.1, 0.15) is 25.7 Å². The summed E-state index contributed by atoms with van der Waals surface area (Å²) >= 11 is 0. The zero-order chi connectivity index (χ0) is 12.6. The maximum atomic E-state index is 10.6. The summed E-state index contributed by atoms with van der Waals surface area (Å²) in [5, 5.41) is 38.0. The van der Waals surface area contributed by atoms with Crippen molar-refractivity contribution < 1.29 is 24.7 Å². The van der Waals surface area contributed by atoms with Gasteiger partial charge in [0.05, 0.1) is 18.1 Å². The molecule has 0 rings (SSSR count). The van der Waals surface area contributed by atoms with E-state index in [1.54, 1.807) is 6.92 Å². The van der Waals surface area contributed by atoms with Crippen molar-refractivity contribution in [1.29, 1.82) is 0 Å². The van der Waals surface area contributed by atoms with Gasteiger partial charge in [-0.3, -0.25) is 14.6 Å². The molecule has 0 aliphatic heterocycles. The fourth-order valence-electron chi connectivity index (χ4n) is 1.74. The quantitative estimate of drug-likeness (QED) is 0.202. The van der Waals surface area contributed by atoms with Crippen LogP contribution in [0.4, 0.5) is 0 Å². The van der Waals surface area contributed by atoms with Crippen LogP contribution >= 0.6 is 0 Å². The monoisotopic (exact) mass is 237 g/mol. The molecule has 0 saturated heterocycles. The van der Waals surface area contributed by atoms with Crippen molar-refractivity contribution in [3.8, 4) is 0 Å². The van der Waals surface area contributed by atoms with Gasteiger partial charge in [-0.15, -0.1) is 0 Å². The number of aliphatic hydroxyl groups is 3. The average Bonchev–Trinajstić information content (AvgIpc) is 2.17. The molecule has 0 saturated carbocycles. The minimum Gasteiger partial charge on any atom is -0.391 e. The molecule has 0 fully saturated rings. The third-order valence-corrected chi connectivity index (χ3v) is 2.63. The van der Waals surface area contributed by atoms with E-state index in [-0.39, 0.29) is 37.3 Å². The van der Waals surface area contributed by atoms with Gasteiger partial charge >= 0.3 is 6.67 Å². The molecule has 7 nitrogen and oxygen atoms in total. The van der Waals surface area contributed by atoms with Crippen molar-refractivity contribution in [2.24, 2.45) is 0 Å². The Bertz CT molecular complexity index is 206. The molecule has 0 aromatic rings. The maximum Gasteiger partial charge on any atom is 0.328 e. The first-order valence-corrected chi connectivity index (χ1v) is 5.36. The summed E-state index contributed by atoms with van der Waals surface area (Å²) in [6.45, 7) is 1.49. The first-order chi connectivity index (χ1) is 7.49. The predicted octanol–water partition coefficient (Wildman–Crippen LogP) is -1.21. The van der Waals surface area contributed by atoms with Gasteiger partial charge in [-0.25, -0.2) is 0 Å². The van der Waals surface area contributed by atoms with Crippen LogP contribution in [0.5, 0.6) is 0 Å². The lowest BCUT2D eigenvalue weighted by Gasteiger charge is -2.34. The molecule has 3 N–H and O–H groups in total. The SMILES string of the molecule is CCC(O)C[N+](CCO)(CCO)C[N+](=O)[O-]. The molecule has 1 unspecified atom stereocenters.